The Bertz CT molecular complexity index is 3650. The molecule has 0 aliphatic rings. The molecule has 0 saturated heterocycles. The van der Waals surface area contributed by atoms with Gasteiger partial charge < -0.3 is 9.32 Å². The Morgan fingerprint density at radius 1 is 0.328 bits per heavy atom. The third-order valence-electron chi connectivity index (χ3n) is 12.5. The van der Waals surface area contributed by atoms with Crippen molar-refractivity contribution in [2.45, 2.75) is 6.92 Å². The number of benzene rings is 11. The molecule has 0 N–H and O–H groups in total. The summed E-state index contributed by atoms with van der Waals surface area (Å²) in [5.41, 5.74) is 13.2. The molecule has 0 bridgehead atoms. The van der Waals surface area contributed by atoms with Crippen LogP contribution in [0.3, 0.4) is 0 Å². The summed E-state index contributed by atoms with van der Waals surface area (Å²) in [6.45, 7) is 2.13. The molecule has 0 atom stereocenters. The SMILES string of the molecule is Cc1cccc2c1oc1c(N(c3ccc(-c4ccc5cc(-c6ccc7ccccc7c6)ccc5c4)cc3)c3ccc(-c4cccc5ccccc45)cc3)cc3ccccc3c12. The third-order valence-corrected chi connectivity index (χ3v) is 12.5. The number of hydrogen-bond donors (Lipinski definition) is 0. The minimum atomic E-state index is 0.878. The van der Waals surface area contributed by atoms with Crippen LogP contribution in [0.4, 0.5) is 17.1 Å². The van der Waals surface area contributed by atoms with E-state index in [2.05, 4.69) is 230 Å². The van der Waals surface area contributed by atoms with E-state index in [1.54, 1.807) is 0 Å². The van der Waals surface area contributed by atoms with Crippen molar-refractivity contribution in [3.8, 4) is 33.4 Å². The van der Waals surface area contributed by atoms with Crippen molar-refractivity contribution in [2.75, 3.05) is 4.90 Å². The van der Waals surface area contributed by atoms with Crippen LogP contribution in [0.25, 0.3) is 98.4 Å². The first kappa shape index (κ1) is 35.0. The highest BCUT2D eigenvalue weighted by molar-refractivity contribution is 6.23. The Labute approximate surface area is 354 Å². The van der Waals surface area contributed by atoms with Gasteiger partial charge in [-0.25, -0.2) is 0 Å². The zero-order valence-corrected chi connectivity index (χ0v) is 33.6. The number of nitrogens with zero attached hydrogens (tertiary/aromatic N) is 1. The summed E-state index contributed by atoms with van der Waals surface area (Å²) in [5, 5.41) is 12.1. The lowest BCUT2D eigenvalue weighted by atomic mass is 9.96. The van der Waals surface area contributed by atoms with Crippen LogP contribution in [0.15, 0.2) is 223 Å². The summed E-state index contributed by atoms with van der Waals surface area (Å²) in [6.07, 6.45) is 0. The Kier molecular flexibility index (Phi) is 8.11. The van der Waals surface area contributed by atoms with E-state index < -0.39 is 0 Å². The minimum Gasteiger partial charge on any atom is -0.454 e. The molecule has 0 saturated carbocycles. The molecule has 2 heteroatoms. The summed E-state index contributed by atoms with van der Waals surface area (Å²) in [7, 11) is 0. The molecule has 12 aromatic rings. The molecule has 286 valence electrons. The molecule has 0 aliphatic carbocycles. The van der Waals surface area contributed by atoms with Crippen LogP contribution in [0.1, 0.15) is 5.56 Å². The van der Waals surface area contributed by atoms with Crippen LogP contribution in [0.5, 0.6) is 0 Å². The van der Waals surface area contributed by atoms with Crippen molar-refractivity contribution < 1.29 is 4.42 Å². The van der Waals surface area contributed by atoms with E-state index in [9.17, 15) is 0 Å². The lowest BCUT2D eigenvalue weighted by Gasteiger charge is -2.26. The quantitative estimate of drug-likeness (QED) is 0.167. The summed E-state index contributed by atoms with van der Waals surface area (Å²) in [4.78, 5) is 2.36. The number of para-hydroxylation sites is 1. The predicted octanol–water partition coefficient (Wildman–Crippen LogP) is 17.0. The Balaban J connectivity index is 0.972. The van der Waals surface area contributed by atoms with Crippen molar-refractivity contribution in [3.63, 3.8) is 0 Å². The number of furan rings is 1. The molecule has 0 aliphatic heterocycles. The van der Waals surface area contributed by atoms with E-state index in [-0.39, 0.29) is 0 Å². The van der Waals surface area contributed by atoms with Crippen molar-refractivity contribution in [1.82, 2.24) is 0 Å². The lowest BCUT2D eigenvalue weighted by molar-refractivity contribution is 0.666. The maximum absolute atomic E-state index is 6.94. The predicted molar refractivity (Wildman–Crippen MR) is 259 cm³/mol. The first-order valence-electron chi connectivity index (χ1n) is 21.0. The average molecular weight is 778 g/mol. The number of hydrogen-bond acceptors (Lipinski definition) is 2. The van der Waals surface area contributed by atoms with Crippen molar-refractivity contribution >= 4 is 82.1 Å². The summed E-state index contributed by atoms with van der Waals surface area (Å²) in [6, 6.07) is 79.4. The van der Waals surface area contributed by atoms with Gasteiger partial charge in [0.05, 0.1) is 5.69 Å². The number of aryl methyl sites for hydroxylation is 1. The maximum atomic E-state index is 6.94. The third kappa shape index (κ3) is 5.95. The first-order chi connectivity index (χ1) is 30.1. The summed E-state index contributed by atoms with van der Waals surface area (Å²) < 4.78 is 6.94. The van der Waals surface area contributed by atoms with Gasteiger partial charge in [0.25, 0.3) is 0 Å². The highest BCUT2D eigenvalue weighted by Crippen LogP contribution is 2.47. The molecule has 0 spiro atoms. The zero-order valence-electron chi connectivity index (χ0n) is 33.6. The van der Waals surface area contributed by atoms with E-state index in [1.807, 2.05) is 0 Å². The van der Waals surface area contributed by atoms with Crippen molar-refractivity contribution in [3.05, 3.63) is 224 Å². The van der Waals surface area contributed by atoms with E-state index in [0.29, 0.717) is 0 Å². The number of rotatable bonds is 6. The van der Waals surface area contributed by atoms with Gasteiger partial charge in [-0.15, -0.1) is 0 Å². The minimum absolute atomic E-state index is 0.878. The van der Waals surface area contributed by atoms with Gasteiger partial charge in [0.15, 0.2) is 5.58 Å². The molecular formula is C59H39NO. The van der Waals surface area contributed by atoms with Gasteiger partial charge in [0, 0.05) is 22.1 Å². The van der Waals surface area contributed by atoms with E-state index in [4.69, 9.17) is 4.42 Å². The van der Waals surface area contributed by atoms with Gasteiger partial charge in [-0.3, -0.25) is 0 Å². The van der Waals surface area contributed by atoms with Crippen LogP contribution in [-0.4, -0.2) is 0 Å². The number of fused-ring (bicyclic) bond motifs is 8. The second-order valence-electron chi connectivity index (χ2n) is 16.2. The molecule has 0 unspecified atom stereocenters. The summed E-state index contributed by atoms with van der Waals surface area (Å²) in [5.74, 6) is 0. The average Bonchev–Trinajstić information content (AvgIpc) is 3.73. The molecule has 0 radical (unpaired) electrons. The topological polar surface area (TPSA) is 16.4 Å². The highest BCUT2D eigenvalue weighted by Gasteiger charge is 2.23. The van der Waals surface area contributed by atoms with Crippen LogP contribution in [-0.2, 0) is 0 Å². The molecule has 12 rings (SSSR count). The molecule has 2 nitrogen and oxygen atoms in total. The molecule has 61 heavy (non-hydrogen) atoms. The van der Waals surface area contributed by atoms with Crippen LogP contribution >= 0.6 is 0 Å². The Morgan fingerprint density at radius 3 is 1.52 bits per heavy atom. The monoisotopic (exact) mass is 777 g/mol. The van der Waals surface area contributed by atoms with E-state index in [1.165, 1.54) is 76.5 Å². The van der Waals surface area contributed by atoms with Gasteiger partial charge in [-0.05, 0) is 137 Å². The van der Waals surface area contributed by atoms with Crippen LogP contribution in [0, 0.1) is 6.92 Å². The van der Waals surface area contributed by atoms with Gasteiger partial charge >= 0.3 is 0 Å². The van der Waals surface area contributed by atoms with Crippen molar-refractivity contribution in [2.24, 2.45) is 0 Å². The molecule has 0 fully saturated rings. The normalized spacial score (nSPS) is 11.7. The van der Waals surface area contributed by atoms with E-state index >= 15 is 0 Å². The second kappa shape index (κ2) is 14.1. The van der Waals surface area contributed by atoms with Gasteiger partial charge in [0.2, 0.25) is 0 Å². The molecule has 1 aromatic heterocycles. The van der Waals surface area contributed by atoms with Gasteiger partial charge in [-0.1, -0.05) is 170 Å². The summed E-state index contributed by atoms with van der Waals surface area (Å²) >= 11 is 0. The smallest absolute Gasteiger partial charge is 0.160 e. The molecular weight excluding hydrogens is 739 g/mol. The largest absolute Gasteiger partial charge is 0.454 e. The first-order valence-corrected chi connectivity index (χ1v) is 21.0. The van der Waals surface area contributed by atoms with Crippen LogP contribution in [0.2, 0.25) is 0 Å². The van der Waals surface area contributed by atoms with Gasteiger partial charge in [-0.2, -0.15) is 0 Å². The number of anilines is 3. The fraction of sp³-hybridized carbons (Fsp3) is 0.0169. The Morgan fingerprint density at radius 2 is 0.820 bits per heavy atom. The molecule has 0 amide bonds. The standard InChI is InChI=1S/C59H39NO/c1-38-10-8-19-55-57-54-17-7-5-14-49(54)37-56(59(57)61-58(38)55)60(51-32-28-42(29-33-51)53-18-9-15-41-12-4-6-16-52(41)53)50-30-26-40(27-31-50)44-22-23-47-36-48(25-24-46(47)35-44)45-21-20-39-11-2-3-13-43(39)34-45/h2-37H,1H3. The fourth-order valence-corrected chi connectivity index (χ4v) is 9.41. The lowest BCUT2D eigenvalue weighted by Crippen LogP contribution is -2.10. The fourth-order valence-electron chi connectivity index (χ4n) is 9.41. The highest BCUT2D eigenvalue weighted by atomic mass is 16.3. The Hall–Kier alpha value is -7.94. The van der Waals surface area contributed by atoms with Crippen molar-refractivity contribution in [1.29, 1.82) is 0 Å². The van der Waals surface area contributed by atoms with Gasteiger partial charge in [0.1, 0.15) is 5.58 Å². The molecule has 1 heterocycles. The van der Waals surface area contributed by atoms with Crippen LogP contribution < -0.4 is 4.90 Å². The second-order valence-corrected chi connectivity index (χ2v) is 16.2. The molecule has 11 aromatic carbocycles. The zero-order chi connectivity index (χ0) is 40.4. The van der Waals surface area contributed by atoms with E-state index in [0.717, 1.165) is 44.6 Å². The maximum Gasteiger partial charge on any atom is 0.160 e.